The van der Waals surface area contributed by atoms with Crippen LogP contribution in [0.1, 0.15) is 19.3 Å². The smallest absolute Gasteiger partial charge is 0.313 e. The van der Waals surface area contributed by atoms with E-state index in [1.165, 1.54) is 0 Å². The molecular formula is C10H11F5O4. The third-order valence-electron chi connectivity index (χ3n) is 4.78. The van der Waals surface area contributed by atoms with Crippen LogP contribution in [0.4, 0.5) is 22.0 Å². The van der Waals surface area contributed by atoms with Crippen molar-refractivity contribution < 1.29 is 42.4 Å². The minimum Gasteiger partial charge on any atom is -0.386 e. The topological polar surface area (TPSA) is 80.9 Å². The first kappa shape index (κ1) is 13.5. The Hall–Kier alpha value is -0.510. The van der Waals surface area contributed by atoms with Crippen LogP contribution in [0.25, 0.3) is 0 Å². The van der Waals surface area contributed by atoms with Crippen LogP contribution in [-0.2, 0) is 0 Å². The molecule has 0 radical (unpaired) electrons. The average molecular weight is 290 g/mol. The van der Waals surface area contributed by atoms with E-state index >= 15 is 0 Å². The first-order chi connectivity index (χ1) is 8.28. The van der Waals surface area contributed by atoms with Gasteiger partial charge in [-0.1, -0.05) is 0 Å². The summed E-state index contributed by atoms with van der Waals surface area (Å²) in [7, 11) is 0. The van der Waals surface area contributed by atoms with Crippen LogP contribution < -0.4 is 0 Å². The van der Waals surface area contributed by atoms with Gasteiger partial charge in [-0.2, -0.15) is 17.6 Å². The molecule has 5 unspecified atom stereocenters. The summed E-state index contributed by atoms with van der Waals surface area (Å²) in [6.07, 6.45) is -7.49. The minimum absolute atomic E-state index is 1.23. The molecule has 4 aliphatic carbocycles. The maximum absolute atomic E-state index is 13.9. The molecule has 4 bridgehead atoms. The number of aliphatic hydroxyl groups is 4. The lowest BCUT2D eigenvalue weighted by Gasteiger charge is -2.70. The van der Waals surface area contributed by atoms with Crippen LogP contribution >= 0.6 is 0 Å². The molecule has 0 aromatic rings. The lowest BCUT2D eigenvalue weighted by atomic mass is 9.44. The Morgan fingerprint density at radius 3 is 1.84 bits per heavy atom. The molecule has 0 aromatic carbocycles. The summed E-state index contributed by atoms with van der Waals surface area (Å²) in [6, 6.07) is 0. The molecule has 0 saturated heterocycles. The second-order valence-electron chi connectivity index (χ2n) is 5.96. The molecule has 4 N–H and O–H groups in total. The van der Waals surface area contributed by atoms with E-state index in [1.807, 2.05) is 0 Å². The summed E-state index contributed by atoms with van der Waals surface area (Å²) >= 11 is 0. The zero-order valence-corrected chi connectivity index (χ0v) is 9.38. The fourth-order valence-corrected chi connectivity index (χ4v) is 3.89. The normalized spacial score (nSPS) is 61.4. The van der Waals surface area contributed by atoms with Crippen molar-refractivity contribution in [2.75, 3.05) is 0 Å². The molecule has 4 nitrogen and oxygen atoms in total. The Morgan fingerprint density at radius 1 is 0.789 bits per heavy atom. The summed E-state index contributed by atoms with van der Waals surface area (Å²) in [5.41, 5.74) is -14.0. The zero-order chi connectivity index (χ0) is 14.7. The summed E-state index contributed by atoms with van der Waals surface area (Å²) in [5, 5.41) is 38.9. The van der Waals surface area contributed by atoms with Gasteiger partial charge in [0.2, 0.25) is 5.60 Å². The third kappa shape index (κ3) is 0.978. The van der Waals surface area contributed by atoms with Gasteiger partial charge in [0, 0.05) is 19.3 Å². The highest BCUT2D eigenvalue weighted by Gasteiger charge is 2.94. The zero-order valence-electron chi connectivity index (χ0n) is 9.38. The molecule has 0 aliphatic heterocycles. The van der Waals surface area contributed by atoms with Gasteiger partial charge in [-0.15, -0.1) is 0 Å². The summed E-state index contributed by atoms with van der Waals surface area (Å²) < 4.78 is 69.6. The maximum atomic E-state index is 13.9. The summed E-state index contributed by atoms with van der Waals surface area (Å²) in [4.78, 5) is 0. The largest absolute Gasteiger partial charge is 0.386 e. The first-order valence-electron chi connectivity index (χ1n) is 5.57. The second kappa shape index (κ2) is 2.76. The van der Waals surface area contributed by atoms with Crippen LogP contribution in [0.15, 0.2) is 0 Å². The highest BCUT2D eigenvalue weighted by molar-refractivity contribution is 5.37. The average Bonchev–Trinajstić information content (AvgIpc) is 2.21. The van der Waals surface area contributed by atoms with E-state index in [9.17, 15) is 42.4 Å². The Balaban J connectivity index is 2.32. The molecule has 0 amide bonds. The lowest BCUT2D eigenvalue weighted by Crippen LogP contribution is -2.93. The van der Waals surface area contributed by atoms with Gasteiger partial charge < -0.3 is 20.4 Å². The van der Waals surface area contributed by atoms with Crippen molar-refractivity contribution >= 4 is 0 Å². The number of hydrogen-bond donors (Lipinski definition) is 4. The Labute approximate surface area is 103 Å². The SMILES string of the molecule is OC12CC3(O)CC(O)(C1F)C(F)(F)C(O)(C2)C3(F)F. The van der Waals surface area contributed by atoms with E-state index in [4.69, 9.17) is 0 Å². The molecule has 4 fully saturated rings. The van der Waals surface area contributed by atoms with Crippen molar-refractivity contribution in [2.24, 2.45) is 0 Å². The van der Waals surface area contributed by atoms with Gasteiger partial charge in [-0.25, -0.2) is 4.39 Å². The van der Waals surface area contributed by atoms with Crippen molar-refractivity contribution in [1.29, 1.82) is 0 Å². The lowest BCUT2D eigenvalue weighted by molar-refractivity contribution is -0.480. The molecule has 4 rings (SSSR count). The Kier molecular flexibility index (Phi) is 1.96. The molecule has 0 spiro atoms. The van der Waals surface area contributed by atoms with Crippen molar-refractivity contribution in [3.8, 4) is 0 Å². The standard InChI is InChI=1S/C10H11F5O4/c11-4-5(16)1-6(17)3-7(4,18)10(14,15)8(19,2-5)9(6,12)13/h4,16-19H,1-3H2. The van der Waals surface area contributed by atoms with E-state index in [2.05, 4.69) is 0 Å². The molecule has 0 heterocycles. The molecule has 19 heavy (non-hydrogen) atoms. The van der Waals surface area contributed by atoms with E-state index < -0.39 is 59.7 Å². The Morgan fingerprint density at radius 2 is 1.32 bits per heavy atom. The maximum Gasteiger partial charge on any atom is 0.313 e. The second-order valence-corrected chi connectivity index (χ2v) is 5.96. The van der Waals surface area contributed by atoms with Gasteiger partial charge in [0.05, 0.1) is 0 Å². The predicted molar refractivity (Wildman–Crippen MR) is 48.4 cm³/mol. The van der Waals surface area contributed by atoms with Crippen molar-refractivity contribution in [2.45, 2.75) is 59.7 Å². The van der Waals surface area contributed by atoms with Crippen molar-refractivity contribution in [3.63, 3.8) is 0 Å². The molecule has 0 aromatic heterocycles. The van der Waals surface area contributed by atoms with E-state index in [0.29, 0.717) is 0 Å². The van der Waals surface area contributed by atoms with E-state index in [1.54, 1.807) is 0 Å². The molecule has 4 aliphatic rings. The first-order valence-corrected chi connectivity index (χ1v) is 5.57. The van der Waals surface area contributed by atoms with Gasteiger partial charge >= 0.3 is 11.8 Å². The van der Waals surface area contributed by atoms with Crippen LogP contribution in [0, 0.1) is 0 Å². The Bertz CT molecular complexity index is 473. The van der Waals surface area contributed by atoms with Crippen molar-refractivity contribution in [1.82, 2.24) is 0 Å². The van der Waals surface area contributed by atoms with E-state index in [-0.39, 0.29) is 0 Å². The van der Waals surface area contributed by atoms with Gasteiger partial charge in [-0.05, 0) is 0 Å². The molecular weight excluding hydrogens is 279 g/mol. The number of rotatable bonds is 0. The molecule has 9 heteroatoms. The fourth-order valence-electron chi connectivity index (χ4n) is 3.89. The van der Waals surface area contributed by atoms with Crippen LogP contribution in [0.3, 0.4) is 0 Å². The third-order valence-corrected chi connectivity index (χ3v) is 4.78. The van der Waals surface area contributed by atoms with Gasteiger partial charge in [-0.3, -0.25) is 0 Å². The quantitative estimate of drug-likeness (QED) is 0.463. The highest BCUT2D eigenvalue weighted by Crippen LogP contribution is 2.71. The number of hydrogen-bond acceptors (Lipinski definition) is 4. The van der Waals surface area contributed by atoms with Crippen LogP contribution in [0.2, 0.25) is 0 Å². The summed E-state index contributed by atoms with van der Waals surface area (Å²) in [5.74, 6) is -9.58. The fraction of sp³-hybridized carbons (Fsp3) is 1.00. The van der Waals surface area contributed by atoms with Crippen molar-refractivity contribution in [3.05, 3.63) is 0 Å². The summed E-state index contributed by atoms with van der Waals surface area (Å²) in [6.45, 7) is 0. The van der Waals surface area contributed by atoms with Gasteiger partial charge in [0.15, 0.2) is 11.8 Å². The number of halogens is 5. The molecule has 110 valence electrons. The van der Waals surface area contributed by atoms with E-state index in [0.717, 1.165) is 0 Å². The monoisotopic (exact) mass is 290 g/mol. The van der Waals surface area contributed by atoms with Crippen LogP contribution in [-0.4, -0.2) is 60.8 Å². The van der Waals surface area contributed by atoms with Gasteiger partial charge in [0.25, 0.3) is 0 Å². The minimum atomic E-state index is -4.90. The van der Waals surface area contributed by atoms with Gasteiger partial charge in [0.1, 0.15) is 11.2 Å². The van der Waals surface area contributed by atoms with Crippen LogP contribution in [0.5, 0.6) is 0 Å². The molecule has 4 saturated carbocycles. The number of alkyl halides is 5. The highest BCUT2D eigenvalue weighted by atomic mass is 19.3. The predicted octanol–water partition coefficient (Wildman–Crippen LogP) is -0.269. The molecule has 5 atom stereocenters.